The van der Waals surface area contributed by atoms with Gasteiger partial charge in [0.25, 0.3) is 5.91 Å². The summed E-state index contributed by atoms with van der Waals surface area (Å²) >= 11 is 6.40. The molecule has 0 radical (unpaired) electrons. The Labute approximate surface area is 185 Å². The van der Waals surface area contributed by atoms with Crippen LogP contribution in [0, 0.1) is 6.92 Å². The number of aromatic nitrogens is 5. The normalized spacial score (nSPS) is 11.1. The number of aromatic amines is 1. The predicted molar refractivity (Wildman–Crippen MR) is 119 cm³/mol. The number of halogens is 1. The van der Waals surface area contributed by atoms with Crippen LogP contribution in [0.4, 0.5) is 5.95 Å². The maximum Gasteiger partial charge on any atom is 0.250 e. The van der Waals surface area contributed by atoms with E-state index in [4.69, 9.17) is 21.1 Å². The van der Waals surface area contributed by atoms with Crippen molar-refractivity contribution in [2.75, 3.05) is 19.5 Å². The van der Waals surface area contributed by atoms with Crippen LogP contribution in [0.1, 0.15) is 31.0 Å². The lowest BCUT2D eigenvalue weighted by Gasteiger charge is -2.07. The number of carbonyl (C=O) groups excluding carboxylic acids is 1. The molecule has 1 aromatic carbocycles. The van der Waals surface area contributed by atoms with Gasteiger partial charge in [0, 0.05) is 24.3 Å². The Kier molecular flexibility index (Phi) is 7.30. The van der Waals surface area contributed by atoms with Crippen LogP contribution in [-0.4, -0.2) is 45.1 Å². The van der Waals surface area contributed by atoms with Crippen molar-refractivity contribution in [3.05, 3.63) is 40.7 Å². The summed E-state index contributed by atoms with van der Waals surface area (Å²) in [7, 11) is 3.13. The molecule has 0 fully saturated rings. The molecule has 10 heteroatoms. The van der Waals surface area contributed by atoms with E-state index in [0.29, 0.717) is 33.6 Å². The number of nitrogens with one attached hydrogen (secondary N) is 2. The van der Waals surface area contributed by atoms with Crippen LogP contribution < -0.4 is 14.8 Å². The summed E-state index contributed by atoms with van der Waals surface area (Å²) in [6, 6.07) is 5.32. The van der Waals surface area contributed by atoms with Gasteiger partial charge in [-0.15, -0.1) is 5.10 Å². The fraction of sp³-hybridized carbons (Fsp3) is 0.333. The quantitative estimate of drug-likeness (QED) is 0.481. The summed E-state index contributed by atoms with van der Waals surface area (Å²) in [6.45, 7) is 4.70. The molecule has 0 bridgehead atoms. The highest BCUT2D eigenvalue weighted by Crippen LogP contribution is 2.31. The second-order valence-electron chi connectivity index (χ2n) is 6.76. The third-order valence-corrected chi connectivity index (χ3v) is 5.02. The molecule has 0 aliphatic rings. The highest BCUT2D eigenvalue weighted by Gasteiger charge is 2.14. The number of carbonyl (C=O) groups is 1. The van der Waals surface area contributed by atoms with Gasteiger partial charge in [-0.1, -0.05) is 24.9 Å². The Morgan fingerprint density at radius 1 is 1.32 bits per heavy atom. The van der Waals surface area contributed by atoms with E-state index in [2.05, 4.69) is 32.5 Å². The molecule has 0 aliphatic carbocycles. The highest BCUT2D eigenvalue weighted by atomic mass is 35.5. The number of anilines is 1. The van der Waals surface area contributed by atoms with Gasteiger partial charge in [0.15, 0.2) is 5.82 Å². The van der Waals surface area contributed by atoms with E-state index in [0.717, 1.165) is 25.1 Å². The van der Waals surface area contributed by atoms with Gasteiger partial charge in [-0.25, -0.2) is 0 Å². The predicted octanol–water partition coefficient (Wildman–Crippen LogP) is 4.10. The Bertz CT molecular complexity index is 1090. The average Bonchev–Trinajstić information content (AvgIpc) is 3.34. The van der Waals surface area contributed by atoms with Crippen LogP contribution in [0.2, 0.25) is 5.15 Å². The van der Waals surface area contributed by atoms with Gasteiger partial charge in [-0.3, -0.25) is 19.9 Å². The van der Waals surface area contributed by atoms with Gasteiger partial charge in [-0.2, -0.15) is 10.1 Å². The number of amides is 1. The summed E-state index contributed by atoms with van der Waals surface area (Å²) in [4.78, 5) is 16.7. The summed E-state index contributed by atoms with van der Waals surface area (Å²) in [5, 5.41) is 14.4. The van der Waals surface area contributed by atoms with E-state index in [9.17, 15) is 4.79 Å². The van der Waals surface area contributed by atoms with Crippen molar-refractivity contribution in [3.63, 3.8) is 0 Å². The molecule has 9 nitrogen and oxygen atoms in total. The topological polar surface area (TPSA) is 107 Å². The van der Waals surface area contributed by atoms with Gasteiger partial charge in [0.05, 0.1) is 25.5 Å². The second kappa shape index (κ2) is 10.1. The zero-order valence-electron chi connectivity index (χ0n) is 17.9. The minimum Gasteiger partial charge on any atom is -0.497 e. The van der Waals surface area contributed by atoms with Crippen molar-refractivity contribution in [2.24, 2.45) is 0 Å². The number of aryl methyl sites for hydroxylation is 2. The van der Waals surface area contributed by atoms with Crippen LogP contribution in [0.3, 0.4) is 0 Å². The Hall–Kier alpha value is -3.33. The van der Waals surface area contributed by atoms with Gasteiger partial charge in [-0.05, 0) is 31.6 Å². The molecule has 3 aromatic rings. The number of benzene rings is 1. The number of unbranched alkanes of at least 4 members (excludes halogenated alkanes) is 1. The number of ether oxygens (including phenoxy) is 2. The first-order valence-corrected chi connectivity index (χ1v) is 10.2. The van der Waals surface area contributed by atoms with Crippen molar-refractivity contribution in [1.29, 1.82) is 0 Å². The lowest BCUT2D eigenvalue weighted by Crippen LogP contribution is -2.09. The fourth-order valence-corrected chi connectivity index (χ4v) is 3.28. The summed E-state index contributed by atoms with van der Waals surface area (Å²) < 4.78 is 12.3. The molecule has 164 valence electrons. The third-order valence-electron chi connectivity index (χ3n) is 4.62. The minimum atomic E-state index is -0.385. The van der Waals surface area contributed by atoms with Gasteiger partial charge in [0.1, 0.15) is 16.7 Å². The first kappa shape index (κ1) is 22.4. The molecule has 2 heterocycles. The molecular formula is C21H25ClN6O3. The molecule has 0 saturated carbocycles. The van der Waals surface area contributed by atoms with Crippen molar-refractivity contribution in [1.82, 2.24) is 25.0 Å². The molecule has 3 rings (SSSR count). The Morgan fingerprint density at radius 3 is 2.84 bits per heavy atom. The van der Waals surface area contributed by atoms with Crippen molar-refractivity contribution in [2.45, 2.75) is 33.2 Å². The molecule has 0 spiro atoms. The average molecular weight is 445 g/mol. The second-order valence-corrected chi connectivity index (χ2v) is 7.12. The lowest BCUT2D eigenvalue weighted by atomic mass is 10.2. The van der Waals surface area contributed by atoms with E-state index in [1.54, 1.807) is 43.2 Å². The highest BCUT2D eigenvalue weighted by molar-refractivity contribution is 6.31. The van der Waals surface area contributed by atoms with Crippen LogP contribution in [-0.2, 0) is 11.3 Å². The Balaban J connectivity index is 1.70. The van der Waals surface area contributed by atoms with Crippen molar-refractivity contribution in [3.8, 4) is 22.9 Å². The molecule has 0 unspecified atom stereocenters. The van der Waals surface area contributed by atoms with Crippen molar-refractivity contribution < 1.29 is 14.3 Å². The number of H-pyrrole nitrogens is 1. The van der Waals surface area contributed by atoms with Gasteiger partial charge >= 0.3 is 0 Å². The first-order valence-electron chi connectivity index (χ1n) is 9.83. The van der Waals surface area contributed by atoms with Crippen molar-refractivity contribution >= 4 is 29.5 Å². The van der Waals surface area contributed by atoms with E-state index >= 15 is 0 Å². The van der Waals surface area contributed by atoms with Gasteiger partial charge < -0.3 is 9.47 Å². The fourth-order valence-electron chi connectivity index (χ4n) is 2.96. The van der Waals surface area contributed by atoms with E-state index < -0.39 is 0 Å². The third kappa shape index (κ3) is 5.24. The zero-order valence-corrected chi connectivity index (χ0v) is 18.7. The summed E-state index contributed by atoms with van der Waals surface area (Å²) in [6.07, 6.45) is 5.05. The van der Waals surface area contributed by atoms with E-state index in [1.165, 1.54) is 6.08 Å². The number of rotatable bonds is 9. The zero-order chi connectivity index (χ0) is 22.4. The maximum atomic E-state index is 12.3. The smallest absolute Gasteiger partial charge is 0.250 e. The molecule has 0 saturated heterocycles. The molecule has 1 amide bonds. The molecule has 2 aromatic heterocycles. The lowest BCUT2D eigenvalue weighted by molar-refractivity contribution is -0.111. The number of methoxy groups -OCH3 is 2. The summed E-state index contributed by atoms with van der Waals surface area (Å²) in [5.41, 5.74) is 2.16. The molecular weight excluding hydrogens is 420 g/mol. The largest absolute Gasteiger partial charge is 0.497 e. The van der Waals surface area contributed by atoms with Crippen LogP contribution in [0.15, 0.2) is 24.3 Å². The summed E-state index contributed by atoms with van der Waals surface area (Å²) in [5.74, 6) is 1.44. The van der Waals surface area contributed by atoms with E-state index in [-0.39, 0.29) is 11.9 Å². The monoisotopic (exact) mass is 444 g/mol. The SMILES string of the molecule is CCCCn1nc(C)c(/C=C/C(=O)Nc2n[nH]c(-c3ccc(OC)cc3OC)n2)c1Cl. The van der Waals surface area contributed by atoms with Crippen LogP contribution in [0.25, 0.3) is 17.5 Å². The minimum absolute atomic E-state index is 0.143. The molecule has 0 atom stereocenters. The number of nitrogens with zero attached hydrogens (tertiary/aromatic N) is 4. The first-order chi connectivity index (χ1) is 15.0. The van der Waals surface area contributed by atoms with E-state index in [1.807, 2.05) is 6.92 Å². The van der Waals surface area contributed by atoms with Crippen LogP contribution >= 0.6 is 11.6 Å². The molecule has 2 N–H and O–H groups in total. The van der Waals surface area contributed by atoms with Crippen LogP contribution in [0.5, 0.6) is 11.5 Å². The molecule has 0 aliphatic heterocycles. The number of hydrogen-bond acceptors (Lipinski definition) is 6. The standard InChI is InChI=1S/C21H25ClN6O3/c1-5-6-11-28-19(22)15(13(2)27-28)9-10-18(29)23-21-24-20(25-26-21)16-8-7-14(30-3)12-17(16)31-4/h7-10,12H,5-6,11H2,1-4H3,(H2,23,24,25,26,29)/b10-9+. The Morgan fingerprint density at radius 2 is 2.13 bits per heavy atom. The molecule has 31 heavy (non-hydrogen) atoms. The maximum absolute atomic E-state index is 12.3. The van der Waals surface area contributed by atoms with Gasteiger partial charge in [0.2, 0.25) is 5.95 Å². The number of hydrogen-bond donors (Lipinski definition) is 2.